The van der Waals surface area contributed by atoms with Crippen LogP contribution in [0, 0.1) is 5.92 Å². The molecule has 2 heterocycles. The van der Waals surface area contributed by atoms with Crippen LogP contribution in [0.15, 0.2) is 65.7 Å². The molecule has 0 aliphatic carbocycles. The number of carbonyl (C=O) groups excluding carboxylic acids is 2. The van der Waals surface area contributed by atoms with Gasteiger partial charge in [0.2, 0.25) is 0 Å². The van der Waals surface area contributed by atoms with Crippen molar-refractivity contribution in [1.82, 2.24) is 9.55 Å². The number of esters is 2. The molecule has 2 unspecified atom stereocenters. The van der Waals surface area contributed by atoms with Crippen molar-refractivity contribution in [3.05, 3.63) is 71.4 Å². The summed E-state index contributed by atoms with van der Waals surface area (Å²) in [6.45, 7) is 3.89. The third-order valence-corrected chi connectivity index (χ3v) is 12.7. The van der Waals surface area contributed by atoms with Crippen molar-refractivity contribution in [3.63, 3.8) is 0 Å². The summed E-state index contributed by atoms with van der Waals surface area (Å²) in [7, 11) is -11.0. The predicted molar refractivity (Wildman–Crippen MR) is 245 cm³/mol. The first-order chi connectivity index (χ1) is 31.3. The highest BCUT2D eigenvalue weighted by atomic mass is 31.3. The number of aromatic nitrogens is 2. The van der Waals surface area contributed by atoms with E-state index < -0.39 is 95.9 Å². The molecule has 2 rings (SSSR count). The number of hydrogen-bond donors (Lipinski definition) is 7. The van der Waals surface area contributed by atoms with Gasteiger partial charge >= 0.3 is 33.3 Å². The number of hydrogen-bond acceptors (Lipinski definition) is 17. The molecular formula is C44H73N3O17P2. The first-order valence-electron chi connectivity index (χ1n) is 22.7. The lowest BCUT2D eigenvalue weighted by atomic mass is 10.0. The van der Waals surface area contributed by atoms with Crippen molar-refractivity contribution >= 4 is 33.4 Å². The van der Waals surface area contributed by atoms with Crippen molar-refractivity contribution in [1.29, 1.82) is 0 Å². The number of phosphoric acid groups is 2. The number of allylic oxidation sites excluding steroid dienone is 7. The fourth-order valence-electron chi connectivity index (χ4n) is 6.41. The summed E-state index contributed by atoms with van der Waals surface area (Å²) in [5.74, 6) is -0.964. The zero-order chi connectivity index (χ0) is 49.0. The average molecular weight is 978 g/mol. The van der Waals surface area contributed by atoms with E-state index in [0.29, 0.717) is 18.8 Å². The van der Waals surface area contributed by atoms with Gasteiger partial charge in [0, 0.05) is 19.0 Å². The van der Waals surface area contributed by atoms with Gasteiger partial charge < -0.3 is 50.2 Å². The van der Waals surface area contributed by atoms with Crippen LogP contribution in [0.25, 0.3) is 0 Å². The maximum Gasteiger partial charge on any atom is 0.481 e. The Morgan fingerprint density at radius 1 is 0.803 bits per heavy atom. The third kappa shape index (κ3) is 25.7. The van der Waals surface area contributed by atoms with Gasteiger partial charge in [-0.3, -0.25) is 23.2 Å². The number of anilines is 1. The number of rotatable bonds is 35. The normalized spacial score (nSPS) is 21.2. The topological polar surface area (TPSA) is 306 Å². The Kier molecular flexibility index (Phi) is 28.8. The van der Waals surface area contributed by atoms with Gasteiger partial charge in [-0.05, 0) is 63.4 Å². The first kappa shape index (κ1) is 58.8. The SMILES string of the molecule is CC/C=C\C/C=C\C/C=C\C/C=C\C[C@@H](O)[C@H](O)CCCC(=O)O[C@H](COC(=O)CCCCCCCCC(C)C)COP(=O)(O)OP(=O)(O)OC[C@H]1O[C@@H](n2ccc(N)nc2=O)[C@H](O)[C@@H]1O. The summed E-state index contributed by atoms with van der Waals surface area (Å²) in [4.78, 5) is 61.6. The minimum absolute atomic E-state index is 0.0305. The zero-order valence-corrected chi connectivity index (χ0v) is 40.2. The Balaban J connectivity index is 1.90. The molecule has 9 atom stereocenters. The molecule has 0 saturated carbocycles. The van der Waals surface area contributed by atoms with Crippen LogP contribution in [0.3, 0.4) is 0 Å². The number of nitrogens with two attached hydrogens (primary N) is 1. The molecule has 8 N–H and O–H groups in total. The van der Waals surface area contributed by atoms with E-state index in [1.54, 1.807) is 6.08 Å². The second kappa shape index (κ2) is 32.4. The van der Waals surface area contributed by atoms with E-state index >= 15 is 0 Å². The number of phosphoric ester groups is 2. The van der Waals surface area contributed by atoms with E-state index in [9.17, 15) is 53.7 Å². The van der Waals surface area contributed by atoms with Gasteiger partial charge in [-0.2, -0.15) is 9.29 Å². The highest BCUT2D eigenvalue weighted by Crippen LogP contribution is 2.60. The van der Waals surface area contributed by atoms with Crippen molar-refractivity contribution in [3.8, 4) is 0 Å². The summed E-state index contributed by atoms with van der Waals surface area (Å²) < 4.78 is 56.3. The lowest BCUT2D eigenvalue weighted by Gasteiger charge is -2.22. The molecule has 1 saturated heterocycles. The minimum Gasteiger partial charge on any atom is -0.462 e. The number of ether oxygens (including phenoxy) is 3. The number of aliphatic hydroxyl groups excluding tert-OH is 4. The number of unbranched alkanes of at least 4 members (excludes halogenated alkanes) is 5. The summed E-state index contributed by atoms with van der Waals surface area (Å²) in [6, 6.07) is 1.23. The van der Waals surface area contributed by atoms with Gasteiger partial charge in [-0.25, -0.2) is 13.9 Å². The van der Waals surface area contributed by atoms with E-state index in [-0.39, 0.29) is 37.9 Å². The molecule has 66 heavy (non-hydrogen) atoms. The van der Waals surface area contributed by atoms with Crippen LogP contribution in [0.1, 0.15) is 130 Å². The van der Waals surface area contributed by atoms with Crippen molar-refractivity contribution < 1.29 is 76.5 Å². The molecule has 1 fully saturated rings. The van der Waals surface area contributed by atoms with E-state index in [2.05, 4.69) is 54.4 Å². The van der Waals surface area contributed by atoms with Crippen LogP contribution in [-0.4, -0.2) is 108 Å². The average Bonchev–Trinajstić information content (AvgIpc) is 3.53. The number of nitrogen functional groups attached to an aromatic ring is 1. The van der Waals surface area contributed by atoms with Gasteiger partial charge in [0.1, 0.15) is 30.7 Å². The lowest BCUT2D eigenvalue weighted by Crippen LogP contribution is -2.36. The minimum atomic E-state index is -5.49. The smallest absolute Gasteiger partial charge is 0.462 e. The fourth-order valence-corrected chi connectivity index (χ4v) is 8.52. The Morgan fingerprint density at radius 3 is 2.03 bits per heavy atom. The van der Waals surface area contributed by atoms with Crippen LogP contribution < -0.4 is 11.4 Å². The lowest BCUT2D eigenvalue weighted by molar-refractivity contribution is -0.161. The molecule has 0 spiro atoms. The Hall–Kier alpha value is -3.36. The van der Waals surface area contributed by atoms with E-state index in [4.69, 9.17) is 29.0 Å². The maximum atomic E-state index is 12.8. The molecule has 0 bridgehead atoms. The van der Waals surface area contributed by atoms with E-state index in [1.165, 1.54) is 6.07 Å². The molecular weight excluding hydrogens is 904 g/mol. The monoisotopic (exact) mass is 977 g/mol. The summed E-state index contributed by atoms with van der Waals surface area (Å²) in [5, 5.41) is 41.7. The summed E-state index contributed by atoms with van der Waals surface area (Å²) >= 11 is 0. The predicted octanol–water partition coefficient (Wildman–Crippen LogP) is 6.01. The molecule has 1 aliphatic rings. The Bertz CT molecular complexity index is 1840. The second-order valence-electron chi connectivity index (χ2n) is 16.3. The third-order valence-electron chi connectivity index (χ3n) is 10.1. The quantitative estimate of drug-likeness (QED) is 0.0177. The highest BCUT2D eigenvalue weighted by molar-refractivity contribution is 7.61. The van der Waals surface area contributed by atoms with Crippen molar-refractivity contribution in [2.45, 2.75) is 166 Å². The van der Waals surface area contributed by atoms with Gasteiger partial charge in [-0.15, -0.1) is 0 Å². The summed E-state index contributed by atoms with van der Waals surface area (Å²) in [6.07, 6.45) is 17.1. The molecule has 0 amide bonds. The number of aliphatic hydroxyl groups is 4. The fraction of sp³-hybridized carbons (Fsp3) is 0.682. The largest absolute Gasteiger partial charge is 0.481 e. The van der Waals surface area contributed by atoms with Gasteiger partial charge in [-0.1, -0.05) is 108 Å². The second-order valence-corrected chi connectivity index (χ2v) is 19.4. The van der Waals surface area contributed by atoms with Crippen LogP contribution in [-0.2, 0) is 46.3 Å². The molecule has 1 aliphatic heterocycles. The first-order valence-corrected chi connectivity index (χ1v) is 25.7. The standard InChI is InChI=1S/C44H73N3O17P2/c1-4-5-6-7-8-9-10-11-12-13-17-20-24-35(48)36(49)25-22-27-40(51)62-34(30-59-39(50)26-21-18-15-14-16-19-23-33(2)3)31-60-65(55,56)64-66(57,58)61-32-37-41(52)42(53)43(63-37)47-29-28-38(45)46-44(47)54/h5-6,8-9,11-12,17,20,28-29,33-37,41-43,48-49,52-53H,4,7,10,13-16,18-19,21-27,30-32H2,1-3H3,(H,55,56)(H,57,58)(H2,45,46,54)/b6-5-,9-8-,12-11-,20-17-/t34-,35-,36-,37-,41-,42-,43-/m1/s1. The van der Waals surface area contributed by atoms with Crippen LogP contribution in [0.4, 0.5) is 5.82 Å². The van der Waals surface area contributed by atoms with Crippen molar-refractivity contribution in [2.24, 2.45) is 5.92 Å². The number of nitrogens with zero attached hydrogens (tertiary/aromatic N) is 2. The van der Waals surface area contributed by atoms with E-state index in [1.807, 2.05) is 18.2 Å². The molecule has 22 heteroatoms. The van der Waals surface area contributed by atoms with E-state index in [0.717, 1.165) is 68.6 Å². The molecule has 20 nitrogen and oxygen atoms in total. The van der Waals surface area contributed by atoms with Gasteiger partial charge in [0.05, 0.1) is 25.4 Å². The zero-order valence-electron chi connectivity index (χ0n) is 38.4. The van der Waals surface area contributed by atoms with Crippen molar-refractivity contribution in [2.75, 3.05) is 25.6 Å². The maximum absolute atomic E-state index is 12.8. The molecule has 1 aromatic rings. The number of carbonyl (C=O) groups is 2. The molecule has 0 radical (unpaired) electrons. The van der Waals surface area contributed by atoms with Crippen LogP contribution >= 0.6 is 15.6 Å². The van der Waals surface area contributed by atoms with Gasteiger partial charge in [0.25, 0.3) is 0 Å². The molecule has 0 aromatic carbocycles. The summed E-state index contributed by atoms with van der Waals surface area (Å²) in [5.41, 5.74) is 4.55. The molecule has 1 aromatic heterocycles. The Morgan fingerprint density at radius 2 is 1.39 bits per heavy atom. The van der Waals surface area contributed by atoms with Crippen LogP contribution in [0.2, 0.25) is 0 Å². The van der Waals surface area contributed by atoms with Crippen LogP contribution in [0.5, 0.6) is 0 Å². The highest BCUT2D eigenvalue weighted by Gasteiger charge is 2.46. The molecule has 376 valence electrons. The Labute approximate surface area is 387 Å². The van der Waals surface area contributed by atoms with Gasteiger partial charge in [0.15, 0.2) is 12.3 Å².